The van der Waals surface area contributed by atoms with Gasteiger partial charge in [-0.2, -0.15) is 0 Å². The summed E-state index contributed by atoms with van der Waals surface area (Å²) in [7, 11) is 3.07. The van der Waals surface area contributed by atoms with Gasteiger partial charge in [-0.15, -0.1) is 11.3 Å². The molecule has 0 aliphatic carbocycles. The van der Waals surface area contributed by atoms with E-state index in [0.29, 0.717) is 24.3 Å². The Bertz CT molecular complexity index is 1260. The van der Waals surface area contributed by atoms with Crippen molar-refractivity contribution in [1.29, 1.82) is 0 Å². The molecule has 3 heterocycles. The van der Waals surface area contributed by atoms with Gasteiger partial charge in [-0.3, -0.25) is 13.9 Å². The van der Waals surface area contributed by atoms with Crippen molar-refractivity contribution in [3.8, 4) is 5.75 Å². The first-order valence-electron chi connectivity index (χ1n) is 8.67. The largest absolute Gasteiger partial charge is 0.486 e. The van der Waals surface area contributed by atoms with Crippen LogP contribution in [-0.2, 0) is 27.2 Å². The second-order valence-corrected chi connectivity index (χ2v) is 7.53. The predicted molar refractivity (Wildman–Crippen MR) is 107 cm³/mol. The molecule has 0 fully saturated rings. The number of ether oxygens (including phenoxy) is 1. The molecule has 9 heteroatoms. The van der Waals surface area contributed by atoms with Crippen molar-refractivity contribution in [2.45, 2.75) is 20.1 Å². The van der Waals surface area contributed by atoms with E-state index in [1.54, 1.807) is 17.9 Å². The molecule has 0 unspecified atom stereocenters. The van der Waals surface area contributed by atoms with Crippen LogP contribution in [0.2, 0.25) is 0 Å². The second-order valence-electron chi connectivity index (χ2n) is 6.58. The van der Waals surface area contributed by atoms with Crippen LogP contribution in [0.15, 0.2) is 45.6 Å². The number of aromatic nitrogens is 5. The summed E-state index contributed by atoms with van der Waals surface area (Å²) in [6, 6.07) is 7.87. The zero-order chi connectivity index (χ0) is 19.8. The Morgan fingerprint density at radius 1 is 1.11 bits per heavy atom. The molecular weight excluding hydrogens is 378 g/mol. The molecule has 0 saturated heterocycles. The fourth-order valence-corrected chi connectivity index (χ4v) is 3.66. The highest BCUT2D eigenvalue weighted by Crippen LogP contribution is 2.17. The molecule has 0 aliphatic rings. The van der Waals surface area contributed by atoms with Crippen LogP contribution < -0.4 is 16.0 Å². The number of hydrogen-bond donors (Lipinski definition) is 0. The van der Waals surface area contributed by atoms with E-state index in [4.69, 9.17) is 4.74 Å². The minimum Gasteiger partial charge on any atom is -0.486 e. The van der Waals surface area contributed by atoms with Crippen LogP contribution in [0.3, 0.4) is 0 Å². The number of fused-ring (bicyclic) bond motifs is 1. The third-order valence-electron chi connectivity index (χ3n) is 4.53. The highest BCUT2D eigenvalue weighted by Gasteiger charge is 2.15. The average Bonchev–Trinajstić information content (AvgIpc) is 3.32. The Morgan fingerprint density at radius 2 is 1.86 bits per heavy atom. The molecule has 1 aromatic carbocycles. The minimum absolute atomic E-state index is 0.367. The Hall–Kier alpha value is -3.20. The van der Waals surface area contributed by atoms with E-state index in [1.165, 1.54) is 28.5 Å². The summed E-state index contributed by atoms with van der Waals surface area (Å²) in [5, 5.41) is 2.78. The molecule has 0 N–H and O–H groups in total. The summed E-state index contributed by atoms with van der Waals surface area (Å²) in [6.07, 6.45) is 1.56. The average molecular weight is 397 g/mol. The summed E-state index contributed by atoms with van der Waals surface area (Å²) in [4.78, 5) is 33.4. The molecule has 144 valence electrons. The second kappa shape index (κ2) is 7.08. The molecule has 0 radical (unpaired) electrons. The third-order valence-corrected chi connectivity index (χ3v) is 5.40. The van der Waals surface area contributed by atoms with Gasteiger partial charge in [0.1, 0.15) is 17.4 Å². The van der Waals surface area contributed by atoms with E-state index in [-0.39, 0.29) is 5.56 Å². The Kier molecular flexibility index (Phi) is 4.60. The molecule has 0 bridgehead atoms. The van der Waals surface area contributed by atoms with Crippen molar-refractivity contribution in [2.24, 2.45) is 14.1 Å². The van der Waals surface area contributed by atoms with E-state index in [1.807, 2.05) is 36.6 Å². The first-order chi connectivity index (χ1) is 13.4. The molecule has 4 rings (SSSR count). The quantitative estimate of drug-likeness (QED) is 0.513. The Labute approximate surface area is 164 Å². The van der Waals surface area contributed by atoms with E-state index in [9.17, 15) is 9.59 Å². The van der Waals surface area contributed by atoms with Crippen LogP contribution in [0.4, 0.5) is 0 Å². The van der Waals surface area contributed by atoms with Crippen LogP contribution in [0.25, 0.3) is 11.2 Å². The lowest BCUT2D eigenvalue weighted by Crippen LogP contribution is -2.37. The van der Waals surface area contributed by atoms with E-state index in [0.717, 1.165) is 21.0 Å². The normalized spacial score (nSPS) is 11.2. The highest BCUT2D eigenvalue weighted by molar-refractivity contribution is 7.09. The number of hydrogen-bond acceptors (Lipinski definition) is 6. The van der Waals surface area contributed by atoms with Crippen molar-refractivity contribution < 1.29 is 4.74 Å². The summed E-state index contributed by atoms with van der Waals surface area (Å²) in [5.74, 6) is 0.798. The van der Waals surface area contributed by atoms with Gasteiger partial charge >= 0.3 is 5.69 Å². The highest BCUT2D eigenvalue weighted by atomic mass is 32.1. The maximum Gasteiger partial charge on any atom is 0.332 e. The van der Waals surface area contributed by atoms with Crippen molar-refractivity contribution in [1.82, 2.24) is 23.7 Å². The molecule has 0 amide bonds. The van der Waals surface area contributed by atoms with Gasteiger partial charge in [0.05, 0.1) is 18.6 Å². The van der Waals surface area contributed by atoms with Crippen LogP contribution >= 0.6 is 11.3 Å². The first kappa shape index (κ1) is 18.2. The van der Waals surface area contributed by atoms with Crippen molar-refractivity contribution in [2.75, 3.05) is 0 Å². The van der Waals surface area contributed by atoms with Gasteiger partial charge in [-0.1, -0.05) is 17.7 Å². The maximum atomic E-state index is 12.5. The maximum absolute atomic E-state index is 12.5. The topological polar surface area (TPSA) is 83.9 Å². The van der Waals surface area contributed by atoms with Crippen LogP contribution in [0, 0.1) is 6.92 Å². The summed E-state index contributed by atoms with van der Waals surface area (Å²) < 4.78 is 9.94. The molecular formula is C19H19N5O3S. The fraction of sp³-hybridized carbons (Fsp3) is 0.263. The molecule has 8 nitrogen and oxygen atoms in total. The number of benzene rings is 1. The lowest BCUT2D eigenvalue weighted by atomic mass is 10.2. The van der Waals surface area contributed by atoms with Gasteiger partial charge in [-0.25, -0.2) is 14.8 Å². The fourth-order valence-electron chi connectivity index (χ4n) is 2.96. The number of aryl methyl sites for hydroxylation is 2. The monoisotopic (exact) mass is 397 g/mol. The van der Waals surface area contributed by atoms with Crippen molar-refractivity contribution >= 4 is 22.5 Å². The number of rotatable bonds is 5. The molecule has 0 saturated carbocycles. The summed E-state index contributed by atoms with van der Waals surface area (Å²) >= 11 is 1.50. The van der Waals surface area contributed by atoms with Crippen LogP contribution in [0.5, 0.6) is 5.75 Å². The number of nitrogens with zero attached hydrogens (tertiary/aromatic N) is 5. The van der Waals surface area contributed by atoms with Crippen molar-refractivity contribution in [3.05, 3.63) is 73.1 Å². The lowest BCUT2D eigenvalue weighted by Gasteiger charge is -2.05. The third kappa shape index (κ3) is 3.24. The van der Waals surface area contributed by atoms with E-state index >= 15 is 0 Å². The Balaban J connectivity index is 1.55. The smallest absolute Gasteiger partial charge is 0.332 e. The van der Waals surface area contributed by atoms with Gasteiger partial charge in [0.2, 0.25) is 0 Å². The van der Waals surface area contributed by atoms with Gasteiger partial charge in [0.25, 0.3) is 5.56 Å². The number of imidazole rings is 1. The standard InChI is InChI=1S/C19H19N5O3S/c1-12-4-6-14(7-5-12)27-9-15-21-13(10-28-15)8-24-11-20-17-16(24)18(25)23(3)19(26)22(17)2/h4-7,10-11H,8-9H2,1-3H3. The van der Waals surface area contributed by atoms with E-state index < -0.39 is 5.69 Å². The van der Waals surface area contributed by atoms with Gasteiger partial charge in [0.15, 0.2) is 11.2 Å². The van der Waals surface area contributed by atoms with Crippen molar-refractivity contribution in [3.63, 3.8) is 0 Å². The zero-order valence-electron chi connectivity index (χ0n) is 15.7. The van der Waals surface area contributed by atoms with Crippen LogP contribution in [-0.4, -0.2) is 23.7 Å². The van der Waals surface area contributed by atoms with Gasteiger partial charge in [-0.05, 0) is 19.1 Å². The minimum atomic E-state index is -0.396. The SMILES string of the molecule is Cc1ccc(OCc2nc(Cn3cnc4c3c(=O)n(C)c(=O)n4C)cs2)cc1. The molecule has 0 atom stereocenters. The number of thiazole rings is 1. The van der Waals surface area contributed by atoms with E-state index in [2.05, 4.69) is 9.97 Å². The lowest BCUT2D eigenvalue weighted by molar-refractivity contribution is 0.305. The first-order valence-corrected chi connectivity index (χ1v) is 9.55. The summed E-state index contributed by atoms with van der Waals surface area (Å²) in [5.41, 5.74) is 1.98. The molecule has 3 aromatic heterocycles. The van der Waals surface area contributed by atoms with Gasteiger partial charge in [0, 0.05) is 19.5 Å². The zero-order valence-corrected chi connectivity index (χ0v) is 16.6. The predicted octanol–water partition coefficient (Wildman–Crippen LogP) is 1.83. The molecule has 0 aliphatic heterocycles. The molecule has 0 spiro atoms. The molecule has 28 heavy (non-hydrogen) atoms. The summed E-state index contributed by atoms with van der Waals surface area (Å²) in [6.45, 7) is 2.81. The Morgan fingerprint density at radius 3 is 2.61 bits per heavy atom. The van der Waals surface area contributed by atoms with Gasteiger partial charge < -0.3 is 9.30 Å². The molecule has 4 aromatic rings. The van der Waals surface area contributed by atoms with Crippen LogP contribution in [0.1, 0.15) is 16.3 Å².